The van der Waals surface area contributed by atoms with Crippen LogP contribution in [-0.4, -0.2) is 18.3 Å². The average molecular weight is 601 g/mol. The molecule has 1 fully saturated rings. The Bertz CT molecular complexity index is 2230. The summed E-state index contributed by atoms with van der Waals surface area (Å²) in [4.78, 5) is 0. The van der Waals surface area contributed by atoms with Gasteiger partial charge in [-0.3, -0.25) is 0 Å². The molecule has 1 aliphatic heterocycles. The minimum atomic E-state index is -0.395. The van der Waals surface area contributed by atoms with Crippen molar-refractivity contribution in [3.05, 3.63) is 138 Å². The van der Waals surface area contributed by atoms with E-state index < -0.39 is 7.12 Å². The zero-order chi connectivity index (χ0) is 32.2. The van der Waals surface area contributed by atoms with Gasteiger partial charge in [0, 0.05) is 0 Å². The third kappa shape index (κ3) is 5.09. The van der Waals surface area contributed by atoms with Gasteiger partial charge in [0.05, 0.1) is 11.2 Å². The second kappa shape index (κ2) is 11.4. The van der Waals surface area contributed by atoms with E-state index in [1.807, 2.05) is 18.2 Å². The Morgan fingerprint density at radius 2 is 1.07 bits per heavy atom. The van der Waals surface area contributed by atoms with Crippen molar-refractivity contribution in [2.24, 2.45) is 0 Å². The standard InChI is InChI=1S/C36H33BO2.C7H8/c1-22-15-18-30-28-13-9-10-14-29(28)32-21-25(37-38-35(3,4)36(5,6)39-37)17-20-31(32)34(30)33(22)27-19-16-24-11-7-8-12-26(24)23(27)2;1-7-5-3-2-4-6-7/h7-21H,1-6H3;2-6H,1H3. The number of benzene rings is 7. The van der Waals surface area contributed by atoms with Crippen LogP contribution >= 0.6 is 0 Å². The minimum absolute atomic E-state index is 0.379. The van der Waals surface area contributed by atoms with Crippen LogP contribution in [0.5, 0.6) is 0 Å². The molecular weight excluding hydrogens is 559 g/mol. The van der Waals surface area contributed by atoms with Crippen LogP contribution < -0.4 is 5.46 Å². The zero-order valence-corrected chi connectivity index (χ0v) is 27.9. The van der Waals surface area contributed by atoms with E-state index in [2.05, 4.69) is 152 Å². The molecule has 0 N–H and O–H groups in total. The maximum absolute atomic E-state index is 6.45. The highest BCUT2D eigenvalue weighted by Crippen LogP contribution is 2.44. The first-order valence-corrected chi connectivity index (χ1v) is 16.3. The molecule has 1 saturated heterocycles. The van der Waals surface area contributed by atoms with Crippen molar-refractivity contribution in [1.29, 1.82) is 0 Å². The number of fused-ring (bicyclic) bond motifs is 7. The van der Waals surface area contributed by atoms with Gasteiger partial charge in [0.25, 0.3) is 0 Å². The number of hydrogen-bond donors (Lipinski definition) is 0. The Hall–Kier alpha value is -4.44. The van der Waals surface area contributed by atoms with E-state index in [4.69, 9.17) is 9.31 Å². The Balaban J connectivity index is 0.000000430. The van der Waals surface area contributed by atoms with E-state index in [1.165, 1.54) is 70.9 Å². The summed E-state index contributed by atoms with van der Waals surface area (Å²) in [7, 11) is -0.395. The summed E-state index contributed by atoms with van der Waals surface area (Å²) in [5.41, 5.74) is 6.83. The second-order valence-electron chi connectivity index (χ2n) is 13.7. The second-order valence-corrected chi connectivity index (χ2v) is 13.7. The van der Waals surface area contributed by atoms with Gasteiger partial charge in [-0.05, 0) is 119 Å². The van der Waals surface area contributed by atoms with Crippen molar-refractivity contribution in [2.75, 3.05) is 0 Å². The smallest absolute Gasteiger partial charge is 0.399 e. The van der Waals surface area contributed by atoms with E-state index in [-0.39, 0.29) is 11.2 Å². The lowest BCUT2D eigenvalue weighted by Gasteiger charge is -2.32. The normalized spacial score (nSPS) is 15.4. The van der Waals surface area contributed by atoms with Gasteiger partial charge >= 0.3 is 7.12 Å². The summed E-state index contributed by atoms with van der Waals surface area (Å²) in [6, 6.07) is 43.6. The van der Waals surface area contributed by atoms with E-state index in [9.17, 15) is 0 Å². The van der Waals surface area contributed by atoms with Crippen LogP contribution in [0.15, 0.2) is 121 Å². The van der Waals surface area contributed by atoms with Crippen LogP contribution in [0.25, 0.3) is 54.2 Å². The van der Waals surface area contributed by atoms with Gasteiger partial charge in [0.1, 0.15) is 0 Å². The Morgan fingerprint density at radius 3 is 1.72 bits per heavy atom. The fourth-order valence-electron chi connectivity index (χ4n) is 6.87. The molecule has 1 aliphatic rings. The molecule has 0 amide bonds. The van der Waals surface area contributed by atoms with Gasteiger partial charge in [-0.25, -0.2) is 0 Å². The monoisotopic (exact) mass is 600 g/mol. The highest BCUT2D eigenvalue weighted by molar-refractivity contribution is 6.62. The molecular formula is C43H41BO2. The van der Waals surface area contributed by atoms with E-state index >= 15 is 0 Å². The molecule has 46 heavy (non-hydrogen) atoms. The molecule has 228 valence electrons. The highest BCUT2D eigenvalue weighted by Gasteiger charge is 2.51. The molecule has 7 aromatic rings. The summed E-state index contributed by atoms with van der Waals surface area (Å²) >= 11 is 0. The van der Waals surface area contributed by atoms with E-state index in [0.29, 0.717) is 0 Å². The fourth-order valence-corrected chi connectivity index (χ4v) is 6.87. The number of aryl methyl sites for hydroxylation is 3. The van der Waals surface area contributed by atoms with Crippen LogP contribution in [0.3, 0.4) is 0 Å². The van der Waals surface area contributed by atoms with Gasteiger partial charge in [0.15, 0.2) is 0 Å². The lowest BCUT2D eigenvalue weighted by atomic mass is 9.77. The summed E-state index contributed by atoms with van der Waals surface area (Å²) < 4.78 is 12.9. The van der Waals surface area contributed by atoms with Crippen LogP contribution in [0.1, 0.15) is 44.4 Å². The minimum Gasteiger partial charge on any atom is -0.399 e. The molecule has 0 spiro atoms. The molecule has 2 nitrogen and oxygen atoms in total. The largest absolute Gasteiger partial charge is 0.494 e. The Labute approximate surface area is 273 Å². The topological polar surface area (TPSA) is 18.5 Å². The van der Waals surface area contributed by atoms with Crippen molar-refractivity contribution >= 4 is 55.7 Å². The van der Waals surface area contributed by atoms with Gasteiger partial charge in [-0.1, -0.05) is 127 Å². The Morgan fingerprint density at radius 1 is 0.500 bits per heavy atom. The predicted molar refractivity (Wildman–Crippen MR) is 198 cm³/mol. The maximum atomic E-state index is 6.45. The number of hydrogen-bond acceptors (Lipinski definition) is 2. The summed E-state index contributed by atoms with van der Waals surface area (Å²) in [5, 5.41) is 10.2. The summed E-state index contributed by atoms with van der Waals surface area (Å²) in [6.45, 7) is 15.0. The molecule has 8 rings (SSSR count). The molecule has 0 bridgehead atoms. The van der Waals surface area contributed by atoms with Crippen molar-refractivity contribution in [2.45, 2.75) is 59.7 Å². The molecule has 1 heterocycles. The molecule has 0 aliphatic carbocycles. The molecule has 3 heteroatoms. The summed E-state index contributed by atoms with van der Waals surface area (Å²) in [6.07, 6.45) is 0. The average Bonchev–Trinajstić information content (AvgIpc) is 3.28. The lowest BCUT2D eigenvalue weighted by molar-refractivity contribution is 0.00578. The van der Waals surface area contributed by atoms with Crippen LogP contribution in [0, 0.1) is 20.8 Å². The zero-order valence-electron chi connectivity index (χ0n) is 27.9. The third-order valence-electron chi connectivity index (χ3n) is 10.2. The lowest BCUT2D eigenvalue weighted by Crippen LogP contribution is -2.41. The van der Waals surface area contributed by atoms with Crippen molar-refractivity contribution in [1.82, 2.24) is 0 Å². The molecule has 0 atom stereocenters. The SMILES string of the molecule is Cc1ccc2c3ccccc3c3cc(B4OC(C)(C)C(C)(C)O4)ccc3c2c1-c1ccc2ccccc2c1C.Cc1ccccc1. The Kier molecular flexibility index (Phi) is 7.51. The van der Waals surface area contributed by atoms with Gasteiger partial charge in [-0.2, -0.15) is 0 Å². The summed E-state index contributed by atoms with van der Waals surface area (Å²) in [5.74, 6) is 0. The quantitative estimate of drug-likeness (QED) is 0.145. The predicted octanol–water partition coefficient (Wildman–Crippen LogP) is 10.9. The van der Waals surface area contributed by atoms with Gasteiger partial charge in [0.2, 0.25) is 0 Å². The van der Waals surface area contributed by atoms with Crippen LogP contribution in [0.2, 0.25) is 0 Å². The highest BCUT2D eigenvalue weighted by atomic mass is 16.7. The van der Waals surface area contributed by atoms with E-state index in [0.717, 1.165) is 5.46 Å². The van der Waals surface area contributed by atoms with Crippen LogP contribution in [-0.2, 0) is 9.31 Å². The third-order valence-corrected chi connectivity index (χ3v) is 10.2. The maximum Gasteiger partial charge on any atom is 0.494 e. The van der Waals surface area contributed by atoms with Crippen molar-refractivity contribution < 1.29 is 9.31 Å². The molecule has 7 aromatic carbocycles. The molecule has 0 radical (unpaired) electrons. The molecule has 0 unspecified atom stereocenters. The van der Waals surface area contributed by atoms with Crippen molar-refractivity contribution in [3.63, 3.8) is 0 Å². The van der Waals surface area contributed by atoms with E-state index in [1.54, 1.807) is 0 Å². The van der Waals surface area contributed by atoms with Crippen LogP contribution in [0.4, 0.5) is 0 Å². The first-order valence-electron chi connectivity index (χ1n) is 16.3. The first kappa shape index (κ1) is 30.2. The van der Waals surface area contributed by atoms with Gasteiger partial charge < -0.3 is 9.31 Å². The molecule has 0 saturated carbocycles. The first-order chi connectivity index (χ1) is 22.1. The van der Waals surface area contributed by atoms with Crippen molar-refractivity contribution in [3.8, 4) is 11.1 Å². The number of rotatable bonds is 2. The van der Waals surface area contributed by atoms with Gasteiger partial charge in [-0.15, -0.1) is 0 Å². The molecule has 0 aromatic heterocycles. The fraction of sp³-hybridized carbons (Fsp3) is 0.209.